The second-order valence-corrected chi connectivity index (χ2v) is 6.75. The van der Waals surface area contributed by atoms with Gasteiger partial charge in [0.05, 0.1) is 5.41 Å². The highest BCUT2D eigenvalue weighted by atomic mass is 16.4. The highest BCUT2D eigenvalue weighted by Gasteiger charge is 2.31. The van der Waals surface area contributed by atoms with Crippen molar-refractivity contribution in [2.24, 2.45) is 5.41 Å². The zero-order valence-corrected chi connectivity index (χ0v) is 12.4. The lowest BCUT2D eigenvalue weighted by Gasteiger charge is -2.34. The Labute approximate surface area is 116 Å². The molecule has 1 saturated heterocycles. The molecule has 2 rings (SSSR count). The van der Waals surface area contributed by atoms with Gasteiger partial charge in [-0.3, -0.25) is 9.69 Å². The minimum Gasteiger partial charge on any atom is -0.481 e. The van der Waals surface area contributed by atoms with Crippen LogP contribution in [0.1, 0.15) is 46.0 Å². The van der Waals surface area contributed by atoms with E-state index in [-0.39, 0.29) is 0 Å². The summed E-state index contributed by atoms with van der Waals surface area (Å²) in [6.07, 6.45) is 5.74. The summed E-state index contributed by atoms with van der Waals surface area (Å²) in [5.41, 5.74) is -0.565. The molecule has 0 atom stereocenters. The Bertz CT molecular complexity index is 305. The van der Waals surface area contributed by atoms with Crippen molar-refractivity contribution < 1.29 is 9.90 Å². The Morgan fingerprint density at radius 2 is 1.79 bits per heavy atom. The Kier molecular flexibility index (Phi) is 4.85. The maximum atomic E-state index is 11.0. The second kappa shape index (κ2) is 6.23. The summed E-state index contributed by atoms with van der Waals surface area (Å²) in [5.74, 6) is -0.675. The molecule has 110 valence electrons. The predicted octanol–water partition coefficient (Wildman–Crippen LogP) is 2.05. The van der Waals surface area contributed by atoms with E-state index in [1.165, 1.54) is 39.0 Å². The number of aliphatic carboxylic acids is 1. The molecule has 0 aromatic heterocycles. The van der Waals surface area contributed by atoms with Crippen LogP contribution < -0.4 is 0 Å². The van der Waals surface area contributed by atoms with Crippen LogP contribution in [0.4, 0.5) is 0 Å². The third-order valence-corrected chi connectivity index (χ3v) is 4.58. The van der Waals surface area contributed by atoms with E-state index in [9.17, 15) is 4.79 Å². The van der Waals surface area contributed by atoms with Gasteiger partial charge in [0.2, 0.25) is 0 Å². The van der Waals surface area contributed by atoms with E-state index < -0.39 is 11.4 Å². The summed E-state index contributed by atoms with van der Waals surface area (Å²) in [7, 11) is 0. The molecule has 0 aromatic rings. The highest BCUT2D eigenvalue weighted by molar-refractivity contribution is 5.73. The van der Waals surface area contributed by atoms with Gasteiger partial charge in [-0.25, -0.2) is 0 Å². The monoisotopic (exact) mass is 268 g/mol. The predicted molar refractivity (Wildman–Crippen MR) is 76.3 cm³/mol. The van der Waals surface area contributed by atoms with Crippen LogP contribution in [0.5, 0.6) is 0 Å². The quantitative estimate of drug-likeness (QED) is 0.718. The van der Waals surface area contributed by atoms with Crippen LogP contribution in [0.3, 0.4) is 0 Å². The SMILES string of the molecule is CC(C)(CCCCN1CCN(C2CC2)CC1)C(=O)O. The molecular formula is C15H28N2O2. The summed E-state index contributed by atoms with van der Waals surface area (Å²) in [6.45, 7) is 9.62. The van der Waals surface area contributed by atoms with Gasteiger partial charge in [0.1, 0.15) is 0 Å². The van der Waals surface area contributed by atoms with Crippen molar-refractivity contribution in [1.82, 2.24) is 9.80 Å². The molecule has 2 fully saturated rings. The first-order valence-corrected chi connectivity index (χ1v) is 7.69. The standard InChI is InChI=1S/C15H28N2O2/c1-15(2,14(18)19)7-3-4-8-16-9-11-17(12-10-16)13-5-6-13/h13H,3-12H2,1-2H3,(H,18,19). The molecule has 0 spiro atoms. The third-order valence-electron chi connectivity index (χ3n) is 4.58. The Morgan fingerprint density at radius 1 is 1.16 bits per heavy atom. The summed E-state index contributed by atoms with van der Waals surface area (Å²) in [5, 5.41) is 9.06. The van der Waals surface area contributed by atoms with Crippen molar-refractivity contribution in [3.05, 3.63) is 0 Å². The molecule has 0 radical (unpaired) electrons. The first-order valence-electron chi connectivity index (χ1n) is 7.69. The van der Waals surface area contributed by atoms with E-state index in [1.807, 2.05) is 13.8 Å². The number of nitrogens with zero attached hydrogens (tertiary/aromatic N) is 2. The zero-order valence-electron chi connectivity index (χ0n) is 12.4. The summed E-state index contributed by atoms with van der Waals surface area (Å²) in [4.78, 5) is 16.2. The first kappa shape index (κ1) is 14.8. The van der Waals surface area contributed by atoms with Crippen molar-refractivity contribution in [2.75, 3.05) is 32.7 Å². The van der Waals surface area contributed by atoms with Crippen LogP contribution in [-0.4, -0.2) is 59.6 Å². The second-order valence-electron chi connectivity index (χ2n) is 6.75. The molecule has 1 N–H and O–H groups in total. The Balaban J connectivity index is 1.55. The maximum Gasteiger partial charge on any atom is 0.309 e. The normalized spacial score (nSPS) is 22.6. The lowest BCUT2D eigenvalue weighted by molar-refractivity contribution is -0.147. The average molecular weight is 268 g/mol. The van der Waals surface area contributed by atoms with Crippen LogP contribution in [0.2, 0.25) is 0 Å². The van der Waals surface area contributed by atoms with E-state index in [0.717, 1.165) is 31.8 Å². The summed E-state index contributed by atoms with van der Waals surface area (Å²) in [6, 6.07) is 0.901. The smallest absolute Gasteiger partial charge is 0.309 e. The third kappa shape index (κ3) is 4.46. The lowest BCUT2D eigenvalue weighted by atomic mass is 9.87. The molecular weight excluding hydrogens is 240 g/mol. The number of piperazine rings is 1. The van der Waals surface area contributed by atoms with E-state index in [4.69, 9.17) is 5.11 Å². The molecule has 0 bridgehead atoms. The van der Waals surface area contributed by atoms with Gasteiger partial charge in [0.25, 0.3) is 0 Å². The van der Waals surface area contributed by atoms with Gasteiger partial charge in [0, 0.05) is 32.2 Å². The first-order chi connectivity index (χ1) is 8.99. The van der Waals surface area contributed by atoms with Crippen molar-refractivity contribution >= 4 is 5.97 Å². The van der Waals surface area contributed by atoms with E-state index in [2.05, 4.69) is 9.80 Å². The zero-order chi connectivity index (χ0) is 13.9. The fourth-order valence-electron chi connectivity index (χ4n) is 2.80. The van der Waals surface area contributed by atoms with Crippen molar-refractivity contribution in [3.63, 3.8) is 0 Å². The number of rotatable bonds is 7. The Morgan fingerprint density at radius 3 is 2.32 bits per heavy atom. The molecule has 0 aromatic carbocycles. The van der Waals surface area contributed by atoms with Crippen LogP contribution in [-0.2, 0) is 4.79 Å². The van der Waals surface area contributed by atoms with E-state index in [0.29, 0.717) is 0 Å². The fourth-order valence-corrected chi connectivity index (χ4v) is 2.80. The van der Waals surface area contributed by atoms with Gasteiger partial charge in [-0.05, 0) is 46.1 Å². The van der Waals surface area contributed by atoms with Gasteiger partial charge in [-0.15, -0.1) is 0 Å². The number of hydrogen-bond donors (Lipinski definition) is 1. The number of carboxylic acids is 1. The molecule has 1 saturated carbocycles. The fraction of sp³-hybridized carbons (Fsp3) is 0.933. The average Bonchev–Trinajstić information content (AvgIpc) is 3.19. The van der Waals surface area contributed by atoms with Crippen molar-refractivity contribution in [1.29, 1.82) is 0 Å². The molecule has 1 heterocycles. The van der Waals surface area contributed by atoms with Crippen molar-refractivity contribution in [2.45, 2.75) is 52.0 Å². The molecule has 1 aliphatic heterocycles. The summed E-state index contributed by atoms with van der Waals surface area (Å²) < 4.78 is 0. The van der Waals surface area contributed by atoms with Crippen LogP contribution in [0.25, 0.3) is 0 Å². The number of carboxylic acid groups (broad SMARTS) is 1. The molecule has 4 heteroatoms. The molecule has 0 amide bonds. The minimum absolute atomic E-state index is 0.565. The molecule has 1 aliphatic carbocycles. The molecule has 19 heavy (non-hydrogen) atoms. The van der Waals surface area contributed by atoms with E-state index in [1.54, 1.807) is 0 Å². The number of unbranched alkanes of at least 4 members (excludes halogenated alkanes) is 1. The highest BCUT2D eigenvalue weighted by Crippen LogP contribution is 2.27. The van der Waals surface area contributed by atoms with Crippen LogP contribution in [0, 0.1) is 5.41 Å². The van der Waals surface area contributed by atoms with Gasteiger partial charge in [-0.1, -0.05) is 6.42 Å². The molecule has 0 unspecified atom stereocenters. The van der Waals surface area contributed by atoms with Gasteiger partial charge < -0.3 is 10.0 Å². The van der Waals surface area contributed by atoms with Gasteiger partial charge in [-0.2, -0.15) is 0 Å². The molecule has 4 nitrogen and oxygen atoms in total. The van der Waals surface area contributed by atoms with Gasteiger partial charge in [0.15, 0.2) is 0 Å². The van der Waals surface area contributed by atoms with Crippen LogP contribution >= 0.6 is 0 Å². The minimum atomic E-state index is -0.675. The van der Waals surface area contributed by atoms with E-state index >= 15 is 0 Å². The number of hydrogen-bond acceptors (Lipinski definition) is 3. The molecule has 2 aliphatic rings. The maximum absolute atomic E-state index is 11.0. The van der Waals surface area contributed by atoms with Gasteiger partial charge >= 0.3 is 5.97 Å². The topological polar surface area (TPSA) is 43.8 Å². The Hall–Kier alpha value is -0.610. The number of carbonyl (C=O) groups is 1. The van der Waals surface area contributed by atoms with Crippen molar-refractivity contribution in [3.8, 4) is 0 Å². The van der Waals surface area contributed by atoms with Crippen LogP contribution in [0.15, 0.2) is 0 Å². The largest absolute Gasteiger partial charge is 0.481 e. The summed E-state index contributed by atoms with van der Waals surface area (Å²) >= 11 is 0. The lowest BCUT2D eigenvalue weighted by Crippen LogP contribution is -2.47.